The number of rotatable bonds is 4. The average Bonchev–Trinajstić information content (AvgIpc) is 2.91. The second kappa shape index (κ2) is 6.70. The Morgan fingerprint density at radius 2 is 2.00 bits per heavy atom. The number of aliphatic carboxylic acids is 1. The zero-order chi connectivity index (χ0) is 18.1. The molecule has 3 rings (SSSR count). The monoisotopic (exact) mass is 342 g/mol. The Labute approximate surface area is 146 Å². The Morgan fingerprint density at radius 1 is 1.32 bits per heavy atom. The van der Waals surface area contributed by atoms with E-state index in [1.165, 1.54) is 4.90 Å². The number of aryl methyl sites for hydroxylation is 2. The van der Waals surface area contributed by atoms with E-state index in [0.29, 0.717) is 25.1 Å². The fourth-order valence-electron chi connectivity index (χ4n) is 3.45. The summed E-state index contributed by atoms with van der Waals surface area (Å²) >= 11 is 0. The fourth-order valence-corrected chi connectivity index (χ4v) is 3.45. The Kier molecular flexibility index (Phi) is 4.61. The highest BCUT2D eigenvalue weighted by Crippen LogP contribution is 2.26. The molecule has 1 aliphatic heterocycles. The fraction of sp³-hybridized carbons (Fsp3) is 0.421. The molecule has 0 bridgehead atoms. The van der Waals surface area contributed by atoms with Crippen molar-refractivity contribution in [2.75, 3.05) is 0 Å². The Morgan fingerprint density at radius 3 is 2.60 bits per heavy atom. The molecule has 6 nitrogen and oxygen atoms in total. The van der Waals surface area contributed by atoms with E-state index in [4.69, 9.17) is 4.52 Å². The molecule has 0 spiro atoms. The van der Waals surface area contributed by atoms with Gasteiger partial charge in [0.25, 0.3) is 0 Å². The van der Waals surface area contributed by atoms with Crippen molar-refractivity contribution in [1.29, 1.82) is 0 Å². The van der Waals surface area contributed by atoms with Crippen LogP contribution in [0.4, 0.5) is 0 Å². The van der Waals surface area contributed by atoms with E-state index in [0.717, 1.165) is 22.4 Å². The molecule has 1 aromatic heterocycles. The number of carbonyl (C=O) groups excluding carboxylic acids is 1. The molecule has 25 heavy (non-hydrogen) atoms. The lowest BCUT2D eigenvalue weighted by molar-refractivity contribution is -0.153. The van der Waals surface area contributed by atoms with Crippen LogP contribution in [-0.4, -0.2) is 33.1 Å². The predicted octanol–water partition coefficient (Wildman–Crippen LogP) is 2.51. The summed E-state index contributed by atoms with van der Waals surface area (Å²) in [5.74, 6) is -0.755. The van der Waals surface area contributed by atoms with Gasteiger partial charge < -0.3 is 14.5 Å². The standard InChI is InChI=1S/C19H22N2O4/c1-11(8-16-12(2)20-25-13(16)3)18(22)21-10-15-7-5-4-6-14(15)9-17(21)19(23)24/h4-7,11,17H,8-10H2,1-3H3,(H,23,24)/t11-,17+/m1/s1. The quantitative estimate of drug-likeness (QED) is 0.923. The number of carbonyl (C=O) groups is 2. The first-order valence-electron chi connectivity index (χ1n) is 8.40. The molecule has 0 aliphatic carbocycles. The van der Waals surface area contributed by atoms with Gasteiger partial charge in [-0.25, -0.2) is 4.79 Å². The van der Waals surface area contributed by atoms with Crippen LogP contribution in [0.15, 0.2) is 28.8 Å². The smallest absolute Gasteiger partial charge is 0.326 e. The molecule has 6 heteroatoms. The molecule has 1 N–H and O–H groups in total. The van der Waals surface area contributed by atoms with E-state index in [2.05, 4.69) is 5.16 Å². The van der Waals surface area contributed by atoms with Crippen molar-refractivity contribution >= 4 is 11.9 Å². The molecular weight excluding hydrogens is 320 g/mol. The molecule has 0 unspecified atom stereocenters. The highest BCUT2D eigenvalue weighted by Gasteiger charge is 2.36. The molecule has 0 fully saturated rings. The molecule has 1 aromatic carbocycles. The van der Waals surface area contributed by atoms with Crippen LogP contribution < -0.4 is 0 Å². The Bertz CT molecular complexity index is 792. The third-order valence-electron chi connectivity index (χ3n) is 4.93. The lowest BCUT2D eigenvalue weighted by Crippen LogP contribution is -2.50. The molecule has 1 aliphatic rings. The second-order valence-electron chi connectivity index (χ2n) is 6.70. The number of benzene rings is 1. The van der Waals surface area contributed by atoms with Gasteiger partial charge in [0.2, 0.25) is 5.91 Å². The summed E-state index contributed by atoms with van der Waals surface area (Å²) in [4.78, 5) is 26.2. The van der Waals surface area contributed by atoms with Crippen LogP contribution in [0.5, 0.6) is 0 Å². The summed E-state index contributed by atoms with van der Waals surface area (Å²) in [6.07, 6.45) is 0.833. The van der Waals surface area contributed by atoms with Crippen LogP contribution in [0.3, 0.4) is 0 Å². The molecule has 2 aromatic rings. The first kappa shape index (κ1) is 17.2. The van der Waals surface area contributed by atoms with Crippen LogP contribution >= 0.6 is 0 Å². The van der Waals surface area contributed by atoms with Crippen LogP contribution in [0.1, 0.15) is 35.1 Å². The van der Waals surface area contributed by atoms with E-state index in [-0.39, 0.29) is 11.8 Å². The Hall–Kier alpha value is -2.63. The maximum atomic E-state index is 13.0. The minimum Gasteiger partial charge on any atom is -0.480 e. The predicted molar refractivity (Wildman–Crippen MR) is 91.0 cm³/mol. The summed E-state index contributed by atoms with van der Waals surface area (Å²) in [6.45, 7) is 5.83. The third-order valence-corrected chi connectivity index (χ3v) is 4.93. The minimum atomic E-state index is -0.965. The molecule has 0 radical (unpaired) electrons. The van der Waals surface area contributed by atoms with E-state index < -0.39 is 12.0 Å². The highest BCUT2D eigenvalue weighted by atomic mass is 16.5. The van der Waals surface area contributed by atoms with Gasteiger partial charge >= 0.3 is 5.97 Å². The zero-order valence-corrected chi connectivity index (χ0v) is 14.7. The van der Waals surface area contributed by atoms with E-state index in [1.807, 2.05) is 45.0 Å². The summed E-state index contributed by atoms with van der Waals surface area (Å²) in [5.41, 5.74) is 3.70. The van der Waals surface area contributed by atoms with Crippen molar-refractivity contribution in [3.05, 3.63) is 52.4 Å². The Balaban J connectivity index is 1.83. The molecule has 2 atom stereocenters. The van der Waals surface area contributed by atoms with Crippen LogP contribution in [0.2, 0.25) is 0 Å². The number of aromatic nitrogens is 1. The SMILES string of the molecule is Cc1noc(C)c1C[C@@H](C)C(=O)N1Cc2ccccc2C[C@H]1C(=O)O. The van der Waals surface area contributed by atoms with Gasteiger partial charge in [0.15, 0.2) is 0 Å². The van der Waals surface area contributed by atoms with Gasteiger partial charge in [-0.05, 0) is 31.4 Å². The van der Waals surface area contributed by atoms with E-state index >= 15 is 0 Å². The van der Waals surface area contributed by atoms with Crippen LogP contribution in [-0.2, 0) is 29.0 Å². The topological polar surface area (TPSA) is 83.6 Å². The number of hydrogen-bond acceptors (Lipinski definition) is 4. The van der Waals surface area contributed by atoms with Crippen molar-refractivity contribution in [2.24, 2.45) is 5.92 Å². The number of amides is 1. The van der Waals surface area contributed by atoms with Gasteiger partial charge in [-0.3, -0.25) is 4.79 Å². The summed E-state index contributed by atoms with van der Waals surface area (Å²) < 4.78 is 5.16. The third kappa shape index (κ3) is 3.29. The van der Waals surface area contributed by atoms with Gasteiger partial charge in [-0.1, -0.05) is 36.3 Å². The number of carboxylic acid groups (broad SMARTS) is 1. The van der Waals surface area contributed by atoms with Crippen molar-refractivity contribution in [3.63, 3.8) is 0 Å². The highest BCUT2D eigenvalue weighted by molar-refractivity contribution is 5.86. The normalized spacial score (nSPS) is 17.9. The molecule has 132 valence electrons. The molecule has 2 heterocycles. The van der Waals surface area contributed by atoms with Crippen molar-refractivity contribution < 1.29 is 19.2 Å². The zero-order valence-electron chi connectivity index (χ0n) is 14.7. The summed E-state index contributed by atoms with van der Waals surface area (Å²) in [7, 11) is 0. The van der Waals surface area contributed by atoms with Crippen molar-refractivity contribution in [2.45, 2.75) is 46.2 Å². The maximum absolute atomic E-state index is 13.0. The van der Waals surface area contributed by atoms with E-state index in [9.17, 15) is 14.7 Å². The van der Waals surface area contributed by atoms with Crippen LogP contribution in [0, 0.1) is 19.8 Å². The second-order valence-corrected chi connectivity index (χ2v) is 6.70. The lowest BCUT2D eigenvalue weighted by Gasteiger charge is -2.36. The van der Waals surface area contributed by atoms with Crippen molar-refractivity contribution in [1.82, 2.24) is 10.1 Å². The summed E-state index contributed by atoms with van der Waals surface area (Å²) in [6, 6.07) is 6.87. The van der Waals surface area contributed by atoms with Gasteiger partial charge in [-0.15, -0.1) is 0 Å². The first-order chi connectivity index (χ1) is 11.9. The number of hydrogen-bond donors (Lipinski definition) is 1. The lowest BCUT2D eigenvalue weighted by atomic mass is 9.91. The van der Waals surface area contributed by atoms with Gasteiger partial charge in [0.1, 0.15) is 11.8 Å². The van der Waals surface area contributed by atoms with Crippen molar-refractivity contribution in [3.8, 4) is 0 Å². The van der Waals surface area contributed by atoms with Gasteiger partial charge in [0, 0.05) is 24.4 Å². The molecule has 1 amide bonds. The molecular formula is C19H22N2O4. The average molecular weight is 342 g/mol. The summed E-state index contributed by atoms with van der Waals surface area (Å²) in [5, 5.41) is 13.5. The molecule has 0 saturated heterocycles. The minimum absolute atomic E-state index is 0.151. The number of nitrogens with zero attached hydrogens (tertiary/aromatic N) is 2. The van der Waals surface area contributed by atoms with Gasteiger partial charge in [-0.2, -0.15) is 0 Å². The van der Waals surface area contributed by atoms with Gasteiger partial charge in [0.05, 0.1) is 5.69 Å². The maximum Gasteiger partial charge on any atom is 0.326 e. The number of carboxylic acids is 1. The van der Waals surface area contributed by atoms with E-state index in [1.54, 1.807) is 0 Å². The van der Waals surface area contributed by atoms with Crippen LogP contribution in [0.25, 0.3) is 0 Å². The number of fused-ring (bicyclic) bond motifs is 1. The largest absolute Gasteiger partial charge is 0.480 e. The molecule has 0 saturated carbocycles. The first-order valence-corrected chi connectivity index (χ1v) is 8.40.